The largest absolute Gasteiger partial charge is 0.507 e. The van der Waals surface area contributed by atoms with Gasteiger partial charge in [0.2, 0.25) is 0 Å². The molecule has 37 heavy (non-hydrogen) atoms. The summed E-state index contributed by atoms with van der Waals surface area (Å²) in [4.78, 5) is 24.5. The summed E-state index contributed by atoms with van der Waals surface area (Å²) < 4.78 is 0. The lowest BCUT2D eigenvalue weighted by atomic mass is 9.78. The average molecular weight is 513 g/mol. The van der Waals surface area contributed by atoms with Gasteiger partial charge in [-0.3, -0.25) is 9.59 Å². The van der Waals surface area contributed by atoms with Crippen LogP contribution in [-0.2, 0) is 33.3 Å². The Morgan fingerprint density at radius 1 is 0.730 bits per heavy atom. The summed E-state index contributed by atoms with van der Waals surface area (Å²) in [6.07, 6.45) is 0.711. The molecule has 2 aromatic carbocycles. The third-order valence-corrected chi connectivity index (χ3v) is 7.28. The zero-order chi connectivity index (χ0) is 28.5. The SMILES string of the molecule is Cc1cc(CC(CC(C)C(Cc2cc(C)c(O)c(C(C)(C)C)c2)C(=O)O)C(=O)O)cc(C(C)(C)C)c1O. The van der Waals surface area contributed by atoms with Gasteiger partial charge in [0.25, 0.3) is 0 Å². The highest BCUT2D eigenvalue weighted by molar-refractivity contribution is 5.72. The minimum absolute atomic E-state index is 0.209. The smallest absolute Gasteiger partial charge is 0.307 e. The second kappa shape index (κ2) is 11.2. The van der Waals surface area contributed by atoms with Crippen LogP contribution in [-0.4, -0.2) is 32.4 Å². The number of aromatic hydroxyl groups is 2. The number of rotatable bonds is 9. The molecule has 0 saturated heterocycles. The number of aryl methyl sites for hydroxylation is 2. The fourth-order valence-electron chi connectivity index (χ4n) is 5.04. The predicted octanol–water partition coefficient (Wildman–Crippen LogP) is 6.52. The van der Waals surface area contributed by atoms with Crippen molar-refractivity contribution in [1.82, 2.24) is 0 Å². The monoisotopic (exact) mass is 512 g/mol. The van der Waals surface area contributed by atoms with Crippen LogP contribution < -0.4 is 0 Å². The molecule has 2 rings (SSSR count). The van der Waals surface area contributed by atoms with E-state index in [9.17, 15) is 30.0 Å². The number of carboxylic acid groups (broad SMARTS) is 2. The van der Waals surface area contributed by atoms with E-state index in [0.29, 0.717) is 11.1 Å². The maximum absolute atomic E-state index is 12.3. The number of benzene rings is 2. The highest BCUT2D eigenvalue weighted by atomic mass is 16.4. The molecule has 3 unspecified atom stereocenters. The van der Waals surface area contributed by atoms with Crippen molar-refractivity contribution in [3.63, 3.8) is 0 Å². The molecule has 0 heterocycles. The Kier molecular flexibility index (Phi) is 9.11. The van der Waals surface area contributed by atoms with Gasteiger partial charge in [-0.1, -0.05) is 72.7 Å². The molecule has 3 atom stereocenters. The van der Waals surface area contributed by atoms with Crippen molar-refractivity contribution in [3.8, 4) is 11.5 Å². The standard InChI is InChI=1S/C31H44O6/c1-17(23(29(36)37)14-21-11-19(3)27(33)25(16-21)31(7,8)9)12-22(28(34)35)13-20-10-18(2)26(32)24(15-20)30(4,5)6/h10-11,15-17,22-23,32-33H,12-14H2,1-9H3,(H,34,35)(H,36,37). The number of hydrogen-bond acceptors (Lipinski definition) is 4. The first-order valence-corrected chi connectivity index (χ1v) is 12.9. The van der Waals surface area contributed by atoms with Gasteiger partial charge >= 0.3 is 11.9 Å². The van der Waals surface area contributed by atoms with Gasteiger partial charge in [-0.25, -0.2) is 0 Å². The molecule has 2 aromatic rings. The summed E-state index contributed by atoms with van der Waals surface area (Å²) in [6, 6.07) is 7.36. The van der Waals surface area contributed by atoms with Crippen LogP contribution in [0.3, 0.4) is 0 Å². The van der Waals surface area contributed by atoms with Crippen LogP contribution in [0.25, 0.3) is 0 Å². The quantitative estimate of drug-likeness (QED) is 0.304. The summed E-state index contributed by atoms with van der Waals surface area (Å²) in [6.45, 7) is 17.4. The zero-order valence-electron chi connectivity index (χ0n) is 23.8. The van der Waals surface area contributed by atoms with Gasteiger partial charge < -0.3 is 20.4 Å². The van der Waals surface area contributed by atoms with Gasteiger partial charge in [0.15, 0.2) is 0 Å². The Balaban J connectivity index is 2.33. The van der Waals surface area contributed by atoms with Crippen LogP contribution >= 0.6 is 0 Å². The van der Waals surface area contributed by atoms with Gasteiger partial charge in [0, 0.05) is 0 Å². The van der Waals surface area contributed by atoms with Gasteiger partial charge in [0.1, 0.15) is 11.5 Å². The van der Waals surface area contributed by atoms with Crippen molar-refractivity contribution in [2.24, 2.45) is 17.8 Å². The molecule has 204 valence electrons. The molecule has 0 radical (unpaired) electrons. The Morgan fingerprint density at radius 2 is 1.14 bits per heavy atom. The fraction of sp³-hybridized carbons (Fsp3) is 0.548. The van der Waals surface area contributed by atoms with Crippen LogP contribution in [0.4, 0.5) is 0 Å². The average Bonchev–Trinajstić information content (AvgIpc) is 2.74. The minimum Gasteiger partial charge on any atom is -0.507 e. The van der Waals surface area contributed by atoms with Crippen LogP contribution in [0.1, 0.15) is 88.3 Å². The van der Waals surface area contributed by atoms with E-state index in [0.717, 1.165) is 22.3 Å². The van der Waals surface area contributed by atoms with Gasteiger partial charge in [-0.2, -0.15) is 0 Å². The maximum Gasteiger partial charge on any atom is 0.307 e. The zero-order valence-corrected chi connectivity index (χ0v) is 23.8. The number of aliphatic carboxylic acids is 2. The molecule has 6 heteroatoms. The van der Waals surface area contributed by atoms with E-state index in [1.54, 1.807) is 20.8 Å². The number of phenols is 2. The number of phenolic OH excluding ortho intramolecular Hbond substituents is 2. The van der Waals surface area contributed by atoms with E-state index in [-0.39, 0.29) is 41.6 Å². The lowest BCUT2D eigenvalue weighted by Crippen LogP contribution is -2.29. The van der Waals surface area contributed by atoms with E-state index in [1.807, 2.05) is 65.8 Å². The predicted molar refractivity (Wildman–Crippen MR) is 147 cm³/mol. The van der Waals surface area contributed by atoms with E-state index >= 15 is 0 Å². The molecule has 4 N–H and O–H groups in total. The summed E-state index contributed by atoms with van der Waals surface area (Å²) in [5, 5.41) is 41.2. The maximum atomic E-state index is 12.3. The van der Waals surface area contributed by atoms with E-state index < -0.39 is 29.7 Å². The molecular weight excluding hydrogens is 468 g/mol. The van der Waals surface area contributed by atoms with Crippen LogP contribution in [0.15, 0.2) is 24.3 Å². The van der Waals surface area contributed by atoms with E-state index in [4.69, 9.17) is 0 Å². The molecule has 0 aliphatic heterocycles. The number of hydrogen-bond donors (Lipinski definition) is 4. The number of carboxylic acids is 2. The van der Waals surface area contributed by atoms with Gasteiger partial charge in [0.05, 0.1) is 11.8 Å². The molecule has 0 saturated carbocycles. The number of carbonyl (C=O) groups is 2. The molecule has 0 aromatic heterocycles. The van der Waals surface area contributed by atoms with Gasteiger partial charge in [-0.15, -0.1) is 0 Å². The van der Waals surface area contributed by atoms with E-state index in [1.165, 1.54) is 0 Å². The molecule has 0 amide bonds. The first-order valence-electron chi connectivity index (χ1n) is 12.9. The highest BCUT2D eigenvalue weighted by Gasteiger charge is 2.31. The summed E-state index contributed by atoms with van der Waals surface area (Å²) >= 11 is 0. The molecule has 0 fully saturated rings. The fourth-order valence-corrected chi connectivity index (χ4v) is 5.04. The summed E-state index contributed by atoms with van der Waals surface area (Å²) in [5.41, 5.74) is 3.93. The first kappa shape index (κ1) is 30.2. The van der Waals surface area contributed by atoms with Crippen LogP contribution in [0.5, 0.6) is 11.5 Å². The van der Waals surface area contributed by atoms with Crippen molar-refractivity contribution in [2.45, 2.75) is 92.4 Å². The van der Waals surface area contributed by atoms with Crippen LogP contribution in [0.2, 0.25) is 0 Å². The molecular formula is C31H44O6. The van der Waals surface area contributed by atoms with Crippen LogP contribution in [0, 0.1) is 31.6 Å². The van der Waals surface area contributed by atoms with Crippen molar-refractivity contribution in [3.05, 3.63) is 57.6 Å². The normalized spacial score (nSPS) is 14.7. The van der Waals surface area contributed by atoms with Crippen molar-refractivity contribution >= 4 is 11.9 Å². The van der Waals surface area contributed by atoms with Gasteiger partial charge in [-0.05, 0) is 83.2 Å². The summed E-state index contributed by atoms with van der Waals surface area (Å²) in [5.74, 6) is -3.41. The molecule has 0 spiro atoms. The third-order valence-electron chi connectivity index (χ3n) is 7.28. The second-order valence-electron chi connectivity index (χ2n) is 12.7. The van der Waals surface area contributed by atoms with Crippen molar-refractivity contribution < 1.29 is 30.0 Å². The Morgan fingerprint density at radius 3 is 1.49 bits per heavy atom. The highest BCUT2D eigenvalue weighted by Crippen LogP contribution is 2.37. The molecule has 6 nitrogen and oxygen atoms in total. The molecule has 0 aliphatic carbocycles. The molecule has 0 bridgehead atoms. The Bertz CT molecular complexity index is 1150. The Hall–Kier alpha value is -3.02. The summed E-state index contributed by atoms with van der Waals surface area (Å²) in [7, 11) is 0. The minimum atomic E-state index is -0.963. The lowest BCUT2D eigenvalue weighted by Gasteiger charge is -2.26. The Labute approximate surface area is 221 Å². The topological polar surface area (TPSA) is 115 Å². The van der Waals surface area contributed by atoms with Crippen molar-refractivity contribution in [1.29, 1.82) is 0 Å². The molecule has 0 aliphatic rings. The first-order chi connectivity index (χ1) is 16.8. The van der Waals surface area contributed by atoms with E-state index in [2.05, 4.69) is 0 Å². The van der Waals surface area contributed by atoms with Crippen molar-refractivity contribution in [2.75, 3.05) is 0 Å². The second-order valence-corrected chi connectivity index (χ2v) is 12.7. The lowest BCUT2D eigenvalue weighted by molar-refractivity contribution is -0.146. The third kappa shape index (κ3) is 7.50.